The van der Waals surface area contributed by atoms with E-state index in [1.807, 2.05) is 0 Å². The second-order valence-electron chi connectivity index (χ2n) is 5.28. The van der Waals surface area contributed by atoms with Gasteiger partial charge in [-0.3, -0.25) is 14.9 Å². The van der Waals surface area contributed by atoms with Gasteiger partial charge in [0.05, 0.1) is 12.8 Å². The van der Waals surface area contributed by atoms with Crippen LogP contribution in [0.15, 0.2) is 18.3 Å². The highest BCUT2D eigenvalue weighted by molar-refractivity contribution is 6.48. The van der Waals surface area contributed by atoms with Crippen LogP contribution in [0, 0.1) is 6.42 Å². The zero-order valence-corrected chi connectivity index (χ0v) is 14.1. The first-order chi connectivity index (χ1) is 10.7. The summed E-state index contributed by atoms with van der Waals surface area (Å²) in [6, 6.07) is -0.936. The molecule has 0 aromatic carbocycles. The zero-order valence-electron chi connectivity index (χ0n) is 12.6. The molecule has 0 spiro atoms. The number of alkyl halides is 2. The molecule has 2 radical (unpaired) electrons. The monoisotopic (exact) mass is 358 g/mol. The highest BCUT2D eigenvalue weighted by atomic mass is 35.5. The summed E-state index contributed by atoms with van der Waals surface area (Å²) in [4.78, 5) is 26.6. The number of carbonyl (C=O) groups is 2. The Morgan fingerprint density at radius 2 is 2.17 bits per heavy atom. The van der Waals surface area contributed by atoms with Gasteiger partial charge in [0.25, 0.3) is 0 Å². The minimum atomic E-state index is -1.59. The first-order valence-corrected chi connectivity index (χ1v) is 7.63. The highest BCUT2D eigenvalue weighted by Gasteiger charge is 2.34. The smallest absolute Gasteiger partial charge is 0.323 e. The van der Waals surface area contributed by atoms with Crippen molar-refractivity contribution < 1.29 is 19.4 Å². The Kier molecular flexibility index (Phi) is 5.52. The molecule has 23 heavy (non-hydrogen) atoms. The molecule has 2 rings (SSSR count). The number of fused-ring (bicyclic) bond motifs is 1. The minimum absolute atomic E-state index is 0.146. The van der Waals surface area contributed by atoms with Gasteiger partial charge in [0.15, 0.2) is 10.6 Å². The van der Waals surface area contributed by atoms with E-state index in [1.54, 1.807) is 18.7 Å². The maximum atomic E-state index is 12.0. The summed E-state index contributed by atoms with van der Waals surface area (Å²) >= 11 is 11.5. The largest absolute Gasteiger partial charge is 0.468 e. The van der Waals surface area contributed by atoms with Crippen LogP contribution in [0.5, 0.6) is 0 Å². The second kappa shape index (κ2) is 7.05. The number of ether oxygens (including phenoxy) is 1. The van der Waals surface area contributed by atoms with Crippen molar-refractivity contribution in [2.24, 2.45) is 0 Å². The zero-order chi connectivity index (χ0) is 17.2. The molecular formula is C15H16Cl2N2O4. The van der Waals surface area contributed by atoms with Crippen LogP contribution in [0.2, 0.25) is 0 Å². The van der Waals surface area contributed by atoms with Crippen molar-refractivity contribution in [1.29, 1.82) is 0 Å². The molecule has 0 saturated carbocycles. The molecule has 2 unspecified atom stereocenters. The van der Waals surface area contributed by atoms with Crippen molar-refractivity contribution in [1.82, 2.24) is 10.3 Å². The van der Waals surface area contributed by atoms with Crippen molar-refractivity contribution in [2.45, 2.75) is 29.9 Å². The van der Waals surface area contributed by atoms with Crippen LogP contribution >= 0.6 is 23.2 Å². The number of halogens is 2. The van der Waals surface area contributed by atoms with Crippen LogP contribution in [0.25, 0.3) is 0 Å². The fraction of sp³-hybridized carbons (Fsp3) is 0.400. The number of ketones is 1. The SMILES string of the molecule is COC(=O)C(Cc1c[nH]c2c1[CH]C=CC2=O)NC([O])C(C)(Cl)Cl. The molecule has 0 fully saturated rings. The Morgan fingerprint density at radius 1 is 1.48 bits per heavy atom. The highest BCUT2D eigenvalue weighted by Crippen LogP contribution is 2.26. The lowest BCUT2D eigenvalue weighted by Gasteiger charge is -2.25. The number of aromatic nitrogens is 1. The van der Waals surface area contributed by atoms with E-state index < -0.39 is 22.6 Å². The second-order valence-corrected chi connectivity index (χ2v) is 7.04. The summed E-state index contributed by atoms with van der Waals surface area (Å²) in [6.07, 6.45) is 5.03. The third-order valence-electron chi connectivity index (χ3n) is 3.49. The Morgan fingerprint density at radius 3 is 2.78 bits per heavy atom. The van der Waals surface area contributed by atoms with Gasteiger partial charge in [0.1, 0.15) is 6.04 Å². The number of H-pyrrole nitrogens is 1. The van der Waals surface area contributed by atoms with E-state index in [9.17, 15) is 14.7 Å². The van der Waals surface area contributed by atoms with Crippen LogP contribution in [0.3, 0.4) is 0 Å². The van der Waals surface area contributed by atoms with E-state index >= 15 is 0 Å². The normalized spacial score (nSPS) is 16.8. The first kappa shape index (κ1) is 18.0. The number of aromatic amines is 1. The lowest BCUT2D eigenvalue weighted by Crippen LogP contribution is -2.50. The van der Waals surface area contributed by atoms with Gasteiger partial charge in [-0.15, -0.1) is 0 Å². The van der Waals surface area contributed by atoms with Crippen molar-refractivity contribution in [3.63, 3.8) is 0 Å². The predicted molar refractivity (Wildman–Crippen MR) is 84.9 cm³/mol. The molecule has 0 bridgehead atoms. The molecule has 0 amide bonds. The molecule has 1 aliphatic carbocycles. The molecule has 124 valence electrons. The van der Waals surface area contributed by atoms with Crippen LogP contribution < -0.4 is 5.32 Å². The molecule has 0 saturated heterocycles. The molecule has 0 aliphatic heterocycles. The molecule has 2 atom stereocenters. The number of carbonyl (C=O) groups excluding carboxylic acids is 2. The molecule has 1 aromatic heterocycles. The van der Waals surface area contributed by atoms with Gasteiger partial charge in [-0.25, -0.2) is 5.11 Å². The number of esters is 1. The Labute approximate surface area is 143 Å². The molecule has 8 heteroatoms. The summed E-state index contributed by atoms with van der Waals surface area (Å²) in [5, 5.41) is 14.5. The van der Waals surface area contributed by atoms with E-state index in [-0.39, 0.29) is 12.2 Å². The summed E-state index contributed by atoms with van der Waals surface area (Å²) in [6.45, 7) is 1.34. The van der Waals surface area contributed by atoms with E-state index in [0.29, 0.717) is 16.8 Å². The summed E-state index contributed by atoms with van der Waals surface area (Å²) < 4.78 is 3.12. The average molecular weight is 359 g/mol. The third kappa shape index (κ3) is 4.14. The molecule has 6 nitrogen and oxygen atoms in total. The van der Waals surface area contributed by atoms with Gasteiger partial charge in [-0.2, -0.15) is 0 Å². The molecule has 2 N–H and O–H groups in total. The van der Waals surface area contributed by atoms with Crippen molar-refractivity contribution in [3.8, 4) is 0 Å². The predicted octanol–water partition coefficient (Wildman–Crippen LogP) is 1.94. The number of hydrogen-bond acceptors (Lipinski definition) is 4. The summed E-state index contributed by atoms with van der Waals surface area (Å²) in [7, 11) is 1.22. The maximum absolute atomic E-state index is 12.0. The standard InChI is InChI=1S/C15H16Cl2N2O4/c1-15(16,17)14(22)19-10(13(21)23-2)6-8-7-18-12-9(8)4-3-5-11(12)20/h3-5,7,10,14,18-19H,6H2,1-2H3. The molecule has 1 aromatic rings. The first-order valence-electron chi connectivity index (χ1n) is 6.87. The summed E-state index contributed by atoms with van der Waals surface area (Å²) in [5.74, 6) is -0.761. The Balaban J connectivity index is 2.20. The van der Waals surface area contributed by atoms with Crippen LogP contribution in [0.4, 0.5) is 0 Å². The Bertz CT molecular complexity index is 634. The Hall–Kier alpha value is -1.34. The fourth-order valence-electron chi connectivity index (χ4n) is 2.26. The quantitative estimate of drug-likeness (QED) is 0.461. The van der Waals surface area contributed by atoms with Crippen LogP contribution in [-0.2, 0) is 21.1 Å². The number of methoxy groups -OCH3 is 1. The molecule has 1 aliphatic rings. The van der Waals surface area contributed by atoms with Crippen molar-refractivity contribution in [2.75, 3.05) is 7.11 Å². The van der Waals surface area contributed by atoms with Crippen molar-refractivity contribution >= 4 is 35.0 Å². The molecular weight excluding hydrogens is 343 g/mol. The van der Waals surface area contributed by atoms with E-state index in [4.69, 9.17) is 27.9 Å². The van der Waals surface area contributed by atoms with E-state index in [2.05, 4.69) is 10.3 Å². The van der Waals surface area contributed by atoms with Gasteiger partial charge in [0, 0.05) is 19.0 Å². The third-order valence-corrected chi connectivity index (χ3v) is 3.88. The van der Waals surface area contributed by atoms with Gasteiger partial charge >= 0.3 is 5.97 Å². The van der Waals surface area contributed by atoms with Crippen molar-refractivity contribution in [3.05, 3.63) is 41.6 Å². The minimum Gasteiger partial charge on any atom is -0.468 e. The van der Waals surface area contributed by atoms with Gasteiger partial charge in [-0.05, 0) is 24.1 Å². The maximum Gasteiger partial charge on any atom is 0.323 e. The van der Waals surface area contributed by atoms with Crippen LogP contribution in [-0.4, -0.2) is 40.4 Å². The number of hydrogen-bond donors (Lipinski definition) is 2. The van der Waals surface area contributed by atoms with Crippen LogP contribution in [0.1, 0.15) is 28.5 Å². The molecule has 1 heterocycles. The topological polar surface area (TPSA) is 91.1 Å². The van der Waals surface area contributed by atoms with Gasteiger partial charge in [-0.1, -0.05) is 29.3 Å². The number of nitrogens with one attached hydrogen (secondary N) is 2. The average Bonchev–Trinajstić information content (AvgIpc) is 2.89. The van der Waals surface area contributed by atoms with Gasteiger partial charge in [0.2, 0.25) is 5.78 Å². The number of allylic oxidation sites excluding steroid dienone is 2. The van der Waals surface area contributed by atoms with E-state index in [0.717, 1.165) is 0 Å². The summed E-state index contributed by atoms with van der Waals surface area (Å²) in [5.41, 5.74) is 1.85. The number of rotatable bonds is 6. The van der Waals surface area contributed by atoms with E-state index in [1.165, 1.54) is 20.1 Å². The fourth-order valence-corrected chi connectivity index (χ4v) is 2.38. The van der Waals surface area contributed by atoms with Gasteiger partial charge < -0.3 is 9.72 Å². The lowest BCUT2D eigenvalue weighted by molar-refractivity contribution is -0.144. The lowest BCUT2D eigenvalue weighted by atomic mass is 9.96.